The smallest absolute Gasteiger partial charge is 0.381 e. The zero-order valence-electron chi connectivity index (χ0n) is 12.8. The predicted molar refractivity (Wildman–Crippen MR) is 84.6 cm³/mol. The molecular weight excluding hydrogens is 345 g/mol. The molecule has 0 fully saturated rings. The van der Waals surface area contributed by atoms with Gasteiger partial charge in [-0.05, 0) is 44.6 Å². The molecule has 0 heterocycles. The lowest BCUT2D eigenvalue weighted by atomic mass is 10.0. The number of benzene rings is 1. The maximum atomic E-state index is 13.1. The van der Waals surface area contributed by atoms with Crippen molar-refractivity contribution in [3.8, 4) is 0 Å². The van der Waals surface area contributed by atoms with E-state index in [4.69, 9.17) is 0 Å². The minimum atomic E-state index is -4.37. The van der Waals surface area contributed by atoms with Crippen LogP contribution in [-0.4, -0.2) is 31.6 Å². The molecule has 0 spiro atoms. The van der Waals surface area contributed by atoms with Gasteiger partial charge in [-0.3, -0.25) is 0 Å². The number of rotatable bonds is 6. The number of likely N-dealkylation sites (N-methyl/N-ethyl adjacent to an activating group) is 1. The Balaban J connectivity index is 3.02. The normalized spacial score (nSPS) is 13.8. The van der Waals surface area contributed by atoms with Crippen LogP contribution in [0.2, 0.25) is 0 Å². The first-order valence-electron chi connectivity index (χ1n) is 6.87. The minimum absolute atomic E-state index is 0.0257. The maximum Gasteiger partial charge on any atom is 0.418 e. The van der Waals surface area contributed by atoms with Crippen LogP contribution >= 0.6 is 15.9 Å². The van der Waals surface area contributed by atoms with E-state index in [0.29, 0.717) is 16.9 Å². The number of nitrogens with zero attached hydrogens (tertiary/aromatic N) is 1. The molecule has 0 aromatic heterocycles. The molecule has 21 heavy (non-hydrogen) atoms. The molecule has 6 heteroatoms. The van der Waals surface area contributed by atoms with E-state index in [-0.39, 0.29) is 11.7 Å². The van der Waals surface area contributed by atoms with Crippen LogP contribution < -0.4 is 5.32 Å². The van der Waals surface area contributed by atoms with Crippen LogP contribution in [0.5, 0.6) is 0 Å². The lowest BCUT2D eigenvalue weighted by molar-refractivity contribution is -0.137. The lowest BCUT2D eigenvalue weighted by Gasteiger charge is -2.26. The summed E-state index contributed by atoms with van der Waals surface area (Å²) in [5.74, 6) is 0.409. The van der Waals surface area contributed by atoms with Gasteiger partial charge in [0, 0.05) is 22.7 Å². The molecule has 0 bridgehead atoms. The number of alkyl halides is 3. The lowest BCUT2D eigenvalue weighted by Crippen LogP contribution is -2.34. The number of halogens is 4. The van der Waals surface area contributed by atoms with Crippen molar-refractivity contribution in [2.45, 2.75) is 32.5 Å². The highest BCUT2D eigenvalue weighted by Gasteiger charge is 2.34. The molecular formula is C15H22BrF3N2. The first-order chi connectivity index (χ1) is 9.59. The maximum absolute atomic E-state index is 13.1. The number of hydrogen-bond acceptors (Lipinski definition) is 2. The summed E-state index contributed by atoms with van der Waals surface area (Å²) in [4.78, 5) is 1.98. The van der Waals surface area contributed by atoms with Gasteiger partial charge in [0.1, 0.15) is 0 Å². The van der Waals surface area contributed by atoms with E-state index in [9.17, 15) is 13.2 Å². The van der Waals surface area contributed by atoms with Crippen LogP contribution in [0, 0.1) is 5.92 Å². The fraction of sp³-hybridized carbons (Fsp3) is 0.600. The quantitative estimate of drug-likeness (QED) is 0.773. The van der Waals surface area contributed by atoms with Gasteiger partial charge in [0.25, 0.3) is 0 Å². The SMILES string of the molecule is CC(C)CC(CN(C)C)Nc1ccc(Br)cc1C(F)(F)F. The third kappa shape index (κ3) is 6.26. The fourth-order valence-electron chi connectivity index (χ4n) is 2.29. The fourth-order valence-corrected chi connectivity index (χ4v) is 2.65. The van der Waals surface area contributed by atoms with E-state index < -0.39 is 11.7 Å². The average molecular weight is 367 g/mol. The first-order valence-corrected chi connectivity index (χ1v) is 7.67. The van der Waals surface area contributed by atoms with Gasteiger partial charge < -0.3 is 10.2 Å². The van der Waals surface area contributed by atoms with E-state index in [1.165, 1.54) is 6.07 Å². The van der Waals surface area contributed by atoms with Gasteiger partial charge in [0.15, 0.2) is 0 Å². The van der Waals surface area contributed by atoms with Gasteiger partial charge in [-0.2, -0.15) is 13.2 Å². The van der Waals surface area contributed by atoms with Crippen molar-refractivity contribution >= 4 is 21.6 Å². The monoisotopic (exact) mass is 366 g/mol. The molecule has 120 valence electrons. The summed E-state index contributed by atoms with van der Waals surface area (Å²) in [6, 6.07) is 4.20. The molecule has 0 radical (unpaired) electrons. The Hall–Kier alpha value is -0.750. The van der Waals surface area contributed by atoms with Crippen molar-refractivity contribution in [1.29, 1.82) is 0 Å². The third-order valence-corrected chi connectivity index (χ3v) is 3.48. The van der Waals surface area contributed by atoms with E-state index in [1.54, 1.807) is 6.07 Å². The summed E-state index contributed by atoms with van der Waals surface area (Å²) in [5, 5.41) is 3.06. The molecule has 1 rings (SSSR count). The summed E-state index contributed by atoms with van der Waals surface area (Å²) in [6.07, 6.45) is -3.56. The zero-order chi connectivity index (χ0) is 16.2. The van der Waals surface area contributed by atoms with Gasteiger partial charge in [0.2, 0.25) is 0 Å². The Morgan fingerprint density at radius 1 is 1.24 bits per heavy atom. The summed E-state index contributed by atoms with van der Waals surface area (Å²) in [6.45, 7) is 4.82. The molecule has 2 nitrogen and oxygen atoms in total. The molecule has 1 atom stereocenters. The summed E-state index contributed by atoms with van der Waals surface area (Å²) in [5.41, 5.74) is -0.498. The van der Waals surface area contributed by atoms with Crippen LogP contribution in [0.15, 0.2) is 22.7 Å². The third-order valence-electron chi connectivity index (χ3n) is 2.99. The predicted octanol–water partition coefficient (Wildman–Crippen LogP) is 4.86. The highest BCUT2D eigenvalue weighted by atomic mass is 79.9. The summed E-state index contributed by atoms with van der Waals surface area (Å²) in [7, 11) is 3.84. The molecule has 0 saturated heterocycles. The summed E-state index contributed by atoms with van der Waals surface area (Å²) >= 11 is 3.10. The Bertz CT molecular complexity index is 449. The van der Waals surface area contributed by atoms with Crippen LogP contribution in [0.3, 0.4) is 0 Å². The highest BCUT2D eigenvalue weighted by Crippen LogP contribution is 2.37. The highest BCUT2D eigenvalue weighted by molar-refractivity contribution is 9.10. The molecule has 0 amide bonds. The number of hydrogen-bond donors (Lipinski definition) is 1. The van der Waals surface area contributed by atoms with Crippen molar-refractivity contribution in [2.75, 3.05) is 26.0 Å². The largest absolute Gasteiger partial charge is 0.418 e. The standard InChI is InChI=1S/C15H22BrF3N2/c1-10(2)7-12(9-21(3)4)20-14-6-5-11(16)8-13(14)15(17,18)19/h5-6,8,10,12,20H,7,9H2,1-4H3. The van der Waals surface area contributed by atoms with Crippen LogP contribution in [0.1, 0.15) is 25.8 Å². The van der Waals surface area contributed by atoms with Crippen molar-refractivity contribution in [1.82, 2.24) is 4.90 Å². The Morgan fingerprint density at radius 3 is 2.33 bits per heavy atom. The summed E-state index contributed by atoms with van der Waals surface area (Å²) < 4.78 is 39.8. The number of nitrogens with one attached hydrogen (secondary N) is 1. The van der Waals surface area contributed by atoms with E-state index in [2.05, 4.69) is 35.1 Å². The topological polar surface area (TPSA) is 15.3 Å². The van der Waals surface area contributed by atoms with Gasteiger partial charge in [0.05, 0.1) is 5.56 Å². The molecule has 0 aliphatic heterocycles. The van der Waals surface area contributed by atoms with E-state index >= 15 is 0 Å². The van der Waals surface area contributed by atoms with E-state index in [1.807, 2.05) is 19.0 Å². The molecule has 0 aliphatic carbocycles. The van der Waals surface area contributed by atoms with Gasteiger partial charge >= 0.3 is 6.18 Å². The second kappa shape index (κ2) is 7.49. The first kappa shape index (κ1) is 18.3. The average Bonchev–Trinajstić information content (AvgIpc) is 2.28. The molecule has 1 unspecified atom stereocenters. The molecule has 0 saturated carbocycles. The van der Waals surface area contributed by atoms with Gasteiger partial charge in [-0.1, -0.05) is 29.8 Å². The number of anilines is 1. The van der Waals surface area contributed by atoms with Crippen molar-refractivity contribution < 1.29 is 13.2 Å². The van der Waals surface area contributed by atoms with Crippen molar-refractivity contribution in [3.05, 3.63) is 28.2 Å². The second-order valence-corrected chi connectivity index (χ2v) is 6.84. The van der Waals surface area contributed by atoms with Gasteiger partial charge in [-0.15, -0.1) is 0 Å². The molecule has 1 N–H and O–H groups in total. The minimum Gasteiger partial charge on any atom is -0.381 e. The van der Waals surface area contributed by atoms with Crippen LogP contribution in [0.4, 0.5) is 18.9 Å². The van der Waals surface area contributed by atoms with Gasteiger partial charge in [-0.25, -0.2) is 0 Å². The van der Waals surface area contributed by atoms with Crippen LogP contribution in [0.25, 0.3) is 0 Å². The van der Waals surface area contributed by atoms with Crippen molar-refractivity contribution in [3.63, 3.8) is 0 Å². The Kier molecular flexibility index (Phi) is 6.53. The zero-order valence-corrected chi connectivity index (χ0v) is 14.3. The van der Waals surface area contributed by atoms with Crippen molar-refractivity contribution in [2.24, 2.45) is 5.92 Å². The van der Waals surface area contributed by atoms with Crippen LogP contribution in [-0.2, 0) is 6.18 Å². The van der Waals surface area contributed by atoms with E-state index in [0.717, 1.165) is 12.5 Å². The second-order valence-electron chi connectivity index (χ2n) is 5.92. The Morgan fingerprint density at radius 2 is 1.86 bits per heavy atom. The molecule has 0 aliphatic rings. The molecule has 1 aromatic rings. The molecule has 1 aromatic carbocycles. The Labute approximate surface area is 132 Å².